The van der Waals surface area contributed by atoms with Crippen molar-refractivity contribution in [3.8, 4) is 5.88 Å². The molecule has 2 heterocycles. The molecule has 2 aromatic carbocycles. The Morgan fingerprint density at radius 3 is 2.56 bits per heavy atom. The summed E-state index contributed by atoms with van der Waals surface area (Å²) in [5.41, 5.74) is 2.17. The van der Waals surface area contributed by atoms with Crippen molar-refractivity contribution in [3.63, 3.8) is 0 Å². The maximum atomic E-state index is 15.0. The molecule has 0 saturated carbocycles. The van der Waals surface area contributed by atoms with Crippen molar-refractivity contribution in [2.24, 2.45) is 4.99 Å². The molecule has 2 aromatic heterocycles. The van der Waals surface area contributed by atoms with Gasteiger partial charge in [0.25, 0.3) is 0 Å². The third kappa shape index (κ3) is 5.00. The second-order valence-corrected chi connectivity index (χ2v) is 9.31. The van der Waals surface area contributed by atoms with E-state index in [1.165, 1.54) is 42.5 Å². The van der Waals surface area contributed by atoms with Crippen LogP contribution in [-0.4, -0.2) is 67.4 Å². The van der Waals surface area contributed by atoms with E-state index >= 15 is 4.39 Å². The number of anilines is 1. The lowest BCUT2D eigenvalue weighted by Gasteiger charge is -2.20. The summed E-state index contributed by atoms with van der Waals surface area (Å²) < 4.78 is 19.8. The van der Waals surface area contributed by atoms with Gasteiger partial charge < -0.3 is 24.6 Å². The minimum absolute atomic E-state index is 0.134. The molecule has 0 bridgehead atoms. The number of carbonyl (C=O) groups excluding carboxylic acids is 2. The molecular formula is C26H25FN4O4S. The van der Waals surface area contributed by atoms with Crippen molar-refractivity contribution >= 4 is 51.2 Å². The minimum atomic E-state index is -0.595. The molecule has 0 spiro atoms. The van der Waals surface area contributed by atoms with Gasteiger partial charge in [0.05, 0.1) is 46.7 Å². The van der Waals surface area contributed by atoms with Gasteiger partial charge in [0, 0.05) is 24.0 Å². The largest absolute Gasteiger partial charge is 0.494 e. The zero-order valence-corrected chi connectivity index (χ0v) is 21.0. The second-order valence-electron chi connectivity index (χ2n) is 8.36. The Morgan fingerprint density at radius 1 is 1.14 bits per heavy atom. The Morgan fingerprint density at radius 2 is 1.92 bits per heavy atom. The van der Waals surface area contributed by atoms with E-state index in [1.807, 2.05) is 17.5 Å². The van der Waals surface area contributed by atoms with Crippen LogP contribution in [0.15, 0.2) is 58.9 Å². The highest BCUT2D eigenvalue weighted by atomic mass is 32.1. The summed E-state index contributed by atoms with van der Waals surface area (Å²) in [6.45, 7) is 0.149. The second kappa shape index (κ2) is 10.3. The number of methoxy groups -OCH3 is 1. The lowest BCUT2D eigenvalue weighted by atomic mass is 10.0. The van der Waals surface area contributed by atoms with Crippen LogP contribution in [0.1, 0.15) is 20.8 Å². The summed E-state index contributed by atoms with van der Waals surface area (Å²) in [6, 6.07) is 13.0. The van der Waals surface area contributed by atoms with E-state index in [9.17, 15) is 14.7 Å². The molecular weight excluding hydrogens is 483 g/mol. The predicted octanol–water partition coefficient (Wildman–Crippen LogP) is 4.55. The Balaban J connectivity index is 1.79. The first-order chi connectivity index (χ1) is 17.2. The van der Waals surface area contributed by atoms with Gasteiger partial charge in [-0.2, -0.15) is 0 Å². The van der Waals surface area contributed by atoms with Gasteiger partial charge in [0.15, 0.2) is 5.88 Å². The maximum absolute atomic E-state index is 15.0. The van der Waals surface area contributed by atoms with Gasteiger partial charge in [-0.05, 0) is 49.8 Å². The Bertz CT molecular complexity index is 1460. The van der Waals surface area contributed by atoms with Gasteiger partial charge in [0.2, 0.25) is 5.91 Å². The highest BCUT2D eigenvalue weighted by molar-refractivity contribution is 7.12. The van der Waals surface area contributed by atoms with Crippen LogP contribution in [0.2, 0.25) is 0 Å². The van der Waals surface area contributed by atoms with Crippen LogP contribution in [0.25, 0.3) is 10.9 Å². The molecule has 8 nitrogen and oxygen atoms in total. The topological polar surface area (TPSA) is 98.2 Å². The molecule has 186 valence electrons. The van der Waals surface area contributed by atoms with E-state index in [2.05, 4.69) is 9.98 Å². The number of aromatic hydroxyl groups is 1. The molecule has 0 aliphatic carbocycles. The van der Waals surface area contributed by atoms with Gasteiger partial charge in [-0.25, -0.2) is 14.2 Å². The van der Waals surface area contributed by atoms with Gasteiger partial charge in [-0.15, -0.1) is 11.3 Å². The number of benzene rings is 2. The third-order valence-corrected chi connectivity index (χ3v) is 6.43. The number of hydrogen-bond acceptors (Lipinski definition) is 7. The molecule has 10 heteroatoms. The Labute approximate surface area is 211 Å². The number of ether oxygens (including phenoxy) is 1. The quantitative estimate of drug-likeness (QED) is 0.282. The highest BCUT2D eigenvalue weighted by Gasteiger charge is 2.21. The van der Waals surface area contributed by atoms with E-state index in [4.69, 9.17) is 4.74 Å². The number of likely N-dealkylation sites (N-methyl/N-ethyl adjacent to an activating group) is 2. The zero-order valence-electron chi connectivity index (χ0n) is 20.2. The number of halogens is 1. The molecule has 4 rings (SSSR count). The van der Waals surface area contributed by atoms with Crippen LogP contribution in [-0.2, 0) is 9.53 Å². The van der Waals surface area contributed by atoms with Crippen LogP contribution in [0.3, 0.4) is 0 Å². The van der Waals surface area contributed by atoms with E-state index in [-0.39, 0.29) is 24.0 Å². The van der Waals surface area contributed by atoms with Crippen molar-refractivity contribution in [1.29, 1.82) is 0 Å². The summed E-state index contributed by atoms with van der Waals surface area (Å²) >= 11 is 1.42. The summed E-state index contributed by atoms with van der Waals surface area (Å²) in [7, 11) is 6.35. The number of amides is 1. The first-order valence-electron chi connectivity index (χ1n) is 11.0. The van der Waals surface area contributed by atoms with E-state index in [0.29, 0.717) is 33.4 Å². The number of carbonyl (C=O) groups is 2. The Kier molecular flexibility index (Phi) is 7.18. The average Bonchev–Trinajstić information content (AvgIpc) is 3.48. The van der Waals surface area contributed by atoms with Crippen LogP contribution in [0.4, 0.5) is 15.8 Å². The number of nitrogens with one attached hydrogen (secondary N) is 1. The minimum Gasteiger partial charge on any atom is -0.494 e. The number of hydrogen-bond donors (Lipinski definition) is 2. The number of aromatic amines is 1. The van der Waals surface area contributed by atoms with Gasteiger partial charge in [-0.3, -0.25) is 4.79 Å². The lowest BCUT2D eigenvalue weighted by Crippen LogP contribution is -2.35. The Hall–Kier alpha value is -4.02. The molecule has 2 N–H and O–H groups in total. The number of rotatable bonds is 7. The normalized spacial score (nSPS) is 11.8. The van der Waals surface area contributed by atoms with Crippen molar-refractivity contribution in [2.45, 2.75) is 0 Å². The first-order valence-corrected chi connectivity index (χ1v) is 11.8. The van der Waals surface area contributed by atoms with Crippen molar-refractivity contribution in [2.75, 3.05) is 39.7 Å². The molecule has 0 radical (unpaired) electrons. The monoisotopic (exact) mass is 508 g/mol. The molecule has 0 unspecified atom stereocenters. The maximum Gasteiger partial charge on any atom is 0.337 e. The molecule has 0 fully saturated rings. The fraction of sp³-hybridized carbons (Fsp3) is 0.192. The third-order valence-electron chi connectivity index (χ3n) is 5.55. The fourth-order valence-electron chi connectivity index (χ4n) is 3.79. The van der Waals surface area contributed by atoms with E-state index < -0.39 is 11.8 Å². The molecule has 0 atom stereocenters. The molecule has 4 aromatic rings. The molecule has 0 aliphatic rings. The predicted molar refractivity (Wildman–Crippen MR) is 139 cm³/mol. The smallest absolute Gasteiger partial charge is 0.337 e. The van der Waals surface area contributed by atoms with Crippen LogP contribution in [0, 0.1) is 5.82 Å². The lowest BCUT2D eigenvalue weighted by molar-refractivity contribution is -0.118. The van der Waals surface area contributed by atoms with Crippen LogP contribution < -0.4 is 4.90 Å². The average molecular weight is 509 g/mol. The number of fused-ring (bicyclic) bond motifs is 1. The fourth-order valence-corrected chi connectivity index (χ4v) is 4.51. The highest BCUT2D eigenvalue weighted by Crippen LogP contribution is 2.34. The van der Waals surface area contributed by atoms with Crippen molar-refractivity contribution in [3.05, 3.63) is 75.7 Å². The molecule has 0 aliphatic heterocycles. The summed E-state index contributed by atoms with van der Waals surface area (Å²) in [5.74, 6) is -1.47. The number of nitrogens with zero attached hydrogens (tertiary/aromatic N) is 3. The van der Waals surface area contributed by atoms with Crippen LogP contribution >= 0.6 is 11.3 Å². The van der Waals surface area contributed by atoms with Crippen molar-refractivity contribution < 1.29 is 23.8 Å². The first kappa shape index (κ1) is 25.1. The molecule has 1 amide bonds. The number of H-pyrrole nitrogens is 1. The van der Waals surface area contributed by atoms with Gasteiger partial charge in [0.1, 0.15) is 5.82 Å². The van der Waals surface area contributed by atoms with Crippen molar-refractivity contribution in [1.82, 2.24) is 9.88 Å². The molecule has 36 heavy (non-hydrogen) atoms. The number of aromatic nitrogens is 1. The number of esters is 1. The van der Waals surface area contributed by atoms with E-state index in [1.54, 1.807) is 43.3 Å². The van der Waals surface area contributed by atoms with E-state index in [0.717, 1.165) is 4.88 Å². The van der Waals surface area contributed by atoms with Gasteiger partial charge >= 0.3 is 5.97 Å². The zero-order chi connectivity index (χ0) is 26.0. The molecule has 0 saturated heterocycles. The number of thiophene rings is 1. The standard InChI is InChI=1S/C26H25FN4O4S/c1-30(2)14-22(32)31(3)20-10-8-16(13-18(20)27)28-24(21-6-5-11-36-21)23-17-9-7-15(26(34)35-4)12-19(17)29-25(23)33/h5-13,29,33H,14H2,1-4H3. The summed E-state index contributed by atoms with van der Waals surface area (Å²) in [5, 5.41) is 13.3. The van der Waals surface area contributed by atoms with Gasteiger partial charge in [-0.1, -0.05) is 12.1 Å². The summed E-state index contributed by atoms with van der Waals surface area (Å²) in [6.07, 6.45) is 0. The summed E-state index contributed by atoms with van der Waals surface area (Å²) in [4.78, 5) is 35.6. The van der Waals surface area contributed by atoms with Crippen LogP contribution in [0.5, 0.6) is 5.88 Å². The SMILES string of the molecule is COC(=O)c1ccc2c(C(=Nc3ccc(N(C)C(=O)CN(C)C)c(F)c3)c3cccs3)c(O)[nH]c2c1. The number of aliphatic imine (C=N–C) groups is 1.